The molecular weight excluding hydrogens is 323 g/mol. The number of aromatic nitrogens is 2. The summed E-state index contributed by atoms with van der Waals surface area (Å²) in [6.07, 6.45) is 3.39. The minimum atomic E-state index is 0. The SMILES string of the molecule is CCCNCCNC(=O)CCn1cnc2ccccc21.Cl.Cl. The van der Waals surface area contributed by atoms with Gasteiger partial charge in [-0.05, 0) is 25.1 Å². The van der Waals surface area contributed by atoms with E-state index in [1.54, 1.807) is 6.33 Å². The van der Waals surface area contributed by atoms with Gasteiger partial charge in [0.1, 0.15) is 0 Å². The summed E-state index contributed by atoms with van der Waals surface area (Å²) in [6.45, 7) is 5.30. The normalized spacial score (nSPS) is 9.86. The zero-order valence-electron chi connectivity index (χ0n) is 12.7. The molecule has 1 amide bonds. The molecule has 124 valence electrons. The molecule has 0 aliphatic carbocycles. The lowest BCUT2D eigenvalue weighted by Crippen LogP contribution is -2.32. The van der Waals surface area contributed by atoms with Gasteiger partial charge in [-0.1, -0.05) is 19.1 Å². The van der Waals surface area contributed by atoms with E-state index in [1.165, 1.54) is 0 Å². The Bertz CT molecular complexity index is 559. The number of rotatable bonds is 8. The fourth-order valence-electron chi connectivity index (χ4n) is 2.09. The summed E-state index contributed by atoms with van der Waals surface area (Å²) in [5.74, 6) is 0.0843. The first-order valence-corrected chi connectivity index (χ1v) is 7.18. The van der Waals surface area contributed by atoms with E-state index in [2.05, 4.69) is 22.5 Å². The molecule has 0 radical (unpaired) electrons. The molecule has 0 saturated heterocycles. The number of imidazole rings is 1. The van der Waals surface area contributed by atoms with Crippen LogP contribution in [0.15, 0.2) is 30.6 Å². The molecule has 2 N–H and O–H groups in total. The molecule has 0 atom stereocenters. The number of hydrogen-bond donors (Lipinski definition) is 2. The number of carbonyl (C=O) groups is 1. The fraction of sp³-hybridized carbons (Fsp3) is 0.467. The molecule has 22 heavy (non-hydrogen) atoms. The Hall–Kier alpha value is -1.30. The van der Waals surface area contributed by atoms with Gasteiger partial charge in [0.2, 0.25) is 5.91 Å². The number of fused-ring (bicyclic) bond motifs is 1. The predicted molar refractivity (Wildman–Crippen MR) is 95.0 cm³/mol. The van der Waals surface area contributed by atoms with Gasteiger partial charge >= 0.3 is 0 Å². The van der Waals surface area contributed by atoms with Gasteiger partial charge in [-0.25, -0.2) is 4.98 Å². The van der Waals surface area contributed by atoms with Crippen molar-refractivity contribution in [3.05, 3.63) is 30.6 Å². The Morgan fingerprint density at radius 1 is 1.18 bits per heavy atom. The maximum Gasteiger partial charge on any atom is 0.221 e. The summed E-state index contributed by atoms with van der Waals surface area (Å²) in [6, 6.07) is 7.95. The standard InChI is InChI=1S/C15H22N4O.2ClH/c1-2-8-16-9-10-17-15(20)7-11-19-12-18-13-5-3-4-6-14(13)19;;/h3-6,12,16H,2,7-11H2,1H3,(H,17,20);2*1H. The van der Waals surface area contributed by atoms with Gasteiger partial charge in [0.15, 0.2) is 0 Å². The van der Waals surface area contributed by atoms with E-state index in [9.17, 15) is 4.79 Å². The van der Waals surface area contributed by atoms with Gasteiger partial charge < -0.3 is 15.2 Å². The second kappa shape index (κ2) is 11.3. The van der Waals surface area contributed by atoms with Crippen molar-refractivity contribution in [3.63, 3.8) is 0 Å². The van der Waals surface area contributed by atoms with Crippen molar-refractivity contribution in [2.24, 2.45) is 0 Å². The lowest BCUT2D eigenvalue weighted by molar-refractivity contribution is -0.121. The molecule has 0 unspecified atom stereocenters. The summed E-state index contributed by atoms with van der Waals surface area (Å²) in [7, 11) is 0. The molecule has 0 fully saturated rings. The molecule has 2 rings (SSSR count). The first-order valence-electron chi connectivity index (χ1n) is 7.18. The molecule has 1 aromatic carbocycles. The third-order valence-corrected chi connectivity index (χ3v) is 3.16. The highest BCUT2D eigenvalue weighted by molar-refractivity contribution is 5.85. The average molecular weight is 347 g/mol. The first kappa shape index (κ1) is 20.7. The Labute approximate surface area is 143 Å². The summed E-state index contributed by atoms with van der Waals surface area (Å²) < 4.78 is 2.02. The minimum absolute atomic E-state index is 0. The predicted octanol–water partition coefficient (Wildman–Crippen LogP) is 2.39. The van der Waals surface area contributed by atoms with Crippen LogP contribution in [-0.2, 0) is 11.3 Å². The third kappa shape index (κ3) is 6.22. The monoisotopic (exact) mass is 346 g/mol. The number of nitrogens with one attached hydrogen (secondary N) is 2. The molecular formula is C15H24Cl2N4O. The van der Waals surface area contributed by atoms with Gasteiger partial charge in [0.25, 0.3) is 0 Å². The molecule has 7 heteroatoms. The highest BCUT2D eigenvalue weighted by Crippen LogP contribution is 2.11. The molecule has 1 heterocycles. The van der Waals surface area contributed by atoms with Crippen molar-refractivity contribution >= 4 is 41.8 Å². The zero-order chi connectivity index (χ0) is 14.2. The van der Waals surface area contributed by atoms with E-state index < -0.39 is 0 Å². The third-order valence-electron chi connectivity index (χ3n) is 3.16. The lowest BCUT2D eigenvalue weighted by atomic mass is 10.3. The van der Waals surface area contributed by atoms with Crippen LogP contribution < -0.4 is 10.6 Å². The van der Waals surface area contributed by atoms with Crippen LogP contribution in [0, 0.1) is 0 Å². The Kier molecular flexibility index (Phi) is 10.6. The Morgan fingerprint density at radius 2 is 1.95 bits per heavy atom. The van der Waals surface area contributed by atoms with E-state index in [-0.39, 0.29) is 30.7 Å². The van der Waals surface area contributed by atoms with Crippen LogP contribution in [0.1, 0.15) is 19.8 Å². The van der Waals surface area contributed by atoms with Crippen molar-refractivity contribution in [2.45, 2.75) is 26.3 Å². The molecule has 0 aliphatic rings. The largest absolute Gasteiger partial charge is 0.355 e. The van der Waals surface area contributed by atoms with Gasteiger partial charge in [0, 0.05) is 26.1 Å². The van der Waals surface area contributed by atoms with E-state index >= 15 is 0 Å². The minimum Gasteiger partial charge on any atom is -0.355 e. The summed E-state index contributed by atoms with van der Waals surface area (Å²) in [5.41, 5.74) is 2.04. The Balaban J connectivity index is 0.00000220. The van der Waals surface area contributed by atoms with E-state index in [1.807, 2.05) is 28.8 Å². The molecule has 1 aromatic heterocycles. The van der Waals surface area contributed by atoms with Gasteiger partial charge in [-0.3, -0.25) is 4.79 Å². The highest BCUT2D eigenvalue weighted by Gasteiger charge is 2.04. The summed E-state index contributed by atoms with van der Waals surface area (Å²) >= 11 is 0. The van der Waals surface area contributed by atoms with Gasteiger partial charge in [-0.15, -0.1) is 24.8 Å². The number of halogens is 2. The van der Waals surface area contributed by atoms with Crippen LogP contribution in [0.3, 0.4) is 0 Å². The van der Waals surface area contributed by atoms with Crippen LogP contribution in [-0.4, -0.2) is 35.1 Å². The van der Waals surface area contributed by atoms with Gasteiger partial charge in [-0.2, -0.15) is 0 Å². The second-order valence-electron chi connectivity index (χ2n) is 4.78. The molecule has 0 saturated carbocycles. The van der Waals surface area contributed by atoms with Crippen LogP contribution in [0.5, 0.6) is 0 Å². The quantitative estimate of drug-likeness (QED) is 0.721. The number of benzene rings is 1. The van der Waals surface area contributed by atoms with E-state index in [4.69, 9.17) is 0 Å². The zero-order valence-corrected chi connectivity index (χ0v) is 14.4. The number of para-hydroxylation sites is 2. The number of carbonyl (C=O) groups excluding carboxylic acids is 1. The fourth-order valence-corrected chi connectivity index (χ4v) is 2.09. The average Bonchev–Trinajstić information content (AvgIpc) is 2.88. The van der Waals surface area contributed by atoms with Crippen molar-refractivity contribution in [1.82, 2.24) is 20.2 Å². The summed E-state index contributed by atoms with van der Waals surface area (Å²) in [5, 5.41) is 6.17. The maximum absolute atomic E-state index is 11.7. The molecule has 0 aliphatic heterocycles. The molecule has 2 aromatic rings. The number of hydrogen-bond acceptors (Lipinski definition) is 3. The maximum atomic E-state index is 11.7. The van der Waals surface area contributed by atoms with Crippen LogP contribution >= 0.6 is 24.8 Å². The van der Waals surface area contributed by atoms with E-state index in [0.29, 0.717) is 19.5 Å². The lowest BCUT2D eigenvalue weighted by Gasteiger charge is -2.07. The van der Waals surface area contributed by atoms with E-state index in [0.717, 1.165) is 30.5 Å². The van der Waals surface area contributed by atoms with Crippen molar-refractivity contribution in [1.29, 1.82) is 0 Å². The van der Waals surface area contributed by atoms with Crippen LogP contribution in [0.4, 0.5) is 0 Å². The second-order valence-corrected chi connectivity index (χ2v) is 4.78. The van der Waals surface area contributed by atoms with Crippen LogP contribution in [0.25, 0.3) is 11.0 Å². The number of nitrogens with zero attached hydrogens (tertiary/aromatic N) is 2. The first-order chi connectivity index (χ1) is 9.81. The number of amides is 1. The molecule has 5 nitrogen and oxygen atoms in total. The summed E-state index contributed by atoms with van der Waals surface area (Å²) in [4.78, 5) is 16.0. The Morgan fingerprint density at radius 3 is 2.73 bits per heavy atom. The molecule has 0 bridgehead atoms. The topological polar surface area (TPSA) is 58.9 Å². The van der Waals surface area contributed by atoms with Crippen molar-refractivity contribution in [2.75, 3.05) is 19.6 Å². The highest BCUT2D eigenvalue weighted by atomic mass is 35.5. The van der Waals surface area contributed by atoms with Gasteiger partial charge in [0.05, 0.1) is 17.4 Å². The van der Waals surface area contributed by atoms with Crippen molar-refractivity contribution in [3.8, 4) is 0 Å². The van der Waals surface area contributed by atoms with Crippen molar-refractivity contribution < 1.29 is 4.79 Å². The smallest absolute Gasteiger partial charge is 0.221 e. The number of aryl methyl sites for hydroxylation is 1. The van der Waals surface area contributed by atoms with Crippen LogP contribution in [0.2, 0.25) is 0 Å². The molecule has 0 spiro atoms.